The smallest absolute Gasteiger partial charge is 0.234 e. The number of hydrogen-bond acceptors (Lipinski definition) is 3. The van der Waals surface area contributed by atoms with Crippen molar-refractivity contribution >= 4 is 5.91 Å². The lowest BCUT2D eigenvalue weighted by Crippen LogP contribution is -2.57. The molecule has 4 heteroatoms. The first-order chi connectivity index (χ1) is 6.09. The van der Waals surface area contributed by atoms with Crippen molar-refractivity contribution in [2.45, 2.75) is 25.9 Å². The van der Waals surface area contributed by atoms with Gasteiger partial charge in [0.25, 0.3) is 0 Å². The lowest BCUT2D eigenvalue weighted by Gasteiger charge is -2.35. The normalized spacial score (nSPS) is 17.6. The SMILES string of the molecule is CC(C)NC(=O)CN(C)C1CNC1. The average Bonchev–Trinajstić information content (AvgIpc) is 1.78. The van der Waals surface area contributed by atoms with Crippen LogP contribution in [0, 0.1) is 0 Å². The first-order valence-corrected chi connectivity index (χ1v) is 4.80. The van der Waals surface area contributed by atoms with E-state index in [4.69, 9.17) is 0 Å². The largest absolute Gasteiger partial charge is 0.353 e. The number of carbonyl (C=O) groups is 1. The van der Waals surface area contributed by atoms with Crippen LogP contribution < -0.4 is 10.6 Å². The molecule has 1 fully saturated rings. The number of likely N-dealkylation sites (N-methyl/N-ethyl adjacent to an activating group) is 1. The van der Waals surface area contributed by atoms with E-state index in [1.54, 1.807) is 0 Å². The lowest BCUT2D eigenvalue weighted by atomic mass is 10.1. The van der Waals surface area contributed by atoms with Gasteiger partial charge in [0.05, 0.1) is 6.54 Å². The van der Waals surface area contributed by atoms with Crippen LogP contribution in [-0.2, 0) is 4.79 Å². The Hall–Kier alpha value is -0.610. The Kier molecular flexibility index (Phi) is 3.69. The van der Waals surface area contributed by atoms with Gasteiger partial charge >= 0.3 is 0 Å². The van der Waals surface area contributed by atoms with Crippen LogP contribution in [0.4, 0.5) is 0 Å². The van der Waals surface area contributed by atoms with E-state index in [-0.39, 0.29) is 11.9 Å². The number of hydrogen-bond donors (Lipinski definition) is 2. The van der Waals surface area contributed by atoms with Gasteiger partial charge in [-0.1, -0.05) is 0 Å². The summed E-state index contributed by atoms with van der Waals surface area (Å²) >= 11 is 0. The van der Waals surface area contributed by atoms with Gasteiger partial charge in [0.2, 0.25) is 5.91 Å². The summed E-state index contributed by atoms with van der Waals surface area (Å²) in [6, 6.07) is 0.776. The summed E-state index contributed by atoms with van der Waals surface area (Å²) in [5.74, 6) is 0.115. The van der Waals surface area contributed by atoms with Crippen molar-refractivity contribution in [3.8, 4) is 0 Å². The minimum Gasteiger partial charge on any atom is -0.353 e. The van der Waals surface area contributed by atoms with Gasteiger partial charge in [-0.3, -0.25) is 9.69 Å². The zero-order valence-corrected chi connectivity index (χ0v) is 8.63. The van der Waals surface area contributed by atoms with E-state index in [2.05, 4.69) is 15.5 Å². The summed E-state index contributed by atoms with van der Waals surface area (Å²) in [4.78, 5) is 13.4. The van der Waals surface area contributed by atoms with Crippen molar-refractivity contribution in [2.24, 2.45) is 0 Å². The van der Waals surface area contributed by atoms with Gasteiger partial charge in [0.15, 0.2) is 0 Å². The predicted molar refractivity (Wildman–Crippen MR) is 52.6 cm³/mol. The fourth-order valence-electron chi connectivity index (χ4n) is 1.31. The van der Waals surface area contributed by atoms with E-state index < -0.39 is 0 Å². The zero-order chi connectivity index (χ0) is 9.84. The molecule has 1 saturated heterocycles. The molecular formula is C9H19N3O. The molecule has 1 aliphatic rings. The summed E-state index contributed by atoms with van der Waals surface area (Å²) in [7, 11) is 1.99. The Morgan fingerprint density at radius 2 is 2.23 bits per heavy atom. The third-order valence-corrected chi connectivity index (χ3v) is 2.23. The highest BCUT2D eigenvalue weighted by molar-refractivity contribution is 5.78. The number of nitrogens with zero attached hydrogens (tertiary/aromatic N) is 1. The van der Waals surface area contributed by atoms with Crippen molar-refractivity contribution < 1.29 is 4.79 Å². The summed E-state index contributed by atoms with van der Waals surface area (Å²) < 4.78 is 0. The Labute approximate surface area is 79.7 Å². The molecule has 1 aliphatic heterocycles. The maximum atomic E-state index is 11.3. The van der Waals surface area contributed by atoms with Crippen molar-refractivity contribution in [1.29, 1.82) is 0 Å². The lowest BCUT2D eigenvalue weighted by molar-refractivity contribution is -0.123. The van der Waals surface area contributed by atoms with Crippen molar-refractivity contribution in [2.75, 3.05) is 26.7 Å². The summed E-state index contributed by atoms with van der Waals surface area (Å²) in [6.45, 7) is 6.47. The predicted octanol–water partition coefficient (Wildman–Crippen LogP) is -0.585. The van der Waals surface area contributed by atoms with Crippen LogP contribution >= 0.6 is 0 Å². The summed E-state index contributed by atoms with van der Waals surface area (Å²) in [6.07, 6.45) is 0. The van der Waals surface area contributed by atoms with E-state index >= 15 is 0 Å². The van der Waals surface area contributed by atoms with E-state index in [0.717, 1.165) is 13.1 Å². The van der Waals surface area contributed by atoms with Gasteiger partial charge in [-0.05, 0) is 20.9 Å². The highest BCUT2D eigenvalue weighted by Gasteiger charge is 2.22. The van der Waals surface area contributed by atoms with Gasteiger partial charge in [-0.15, -0.1) is 0 Å². The van der Waals surface area contributed by atoms with E-state index in [9.17, 15) is 4.79 Å². The summed E-state index contributed by atoms with van der Waals surface area (Å²) in [5.41, 5.74) is 0. The van der Waals surface area contributed by atoms with Crippen LogP contribution in [0.2, 0.25) is 0 Å². The Bertz CT molecular complexity index is 178. The second kappa shape index (κ2) is 4.58. The molecule has 0 radical (unpaired) electrons. The molecule has 76 valence electrons. The Morgan fingerprint density at radius 1 is 1.62 bits per heavy atom. The molecule has 4 nitrogen and oxygen atoms in total. The molecule has 2 N–H and O–H groups in total. The number of amides is 1. The molecule has 0 aromatic carbocycles. The second-order valence-electron chi connectivity index (χ2n) is 3.95. The number of nitrogens with one attached hydrogen (secondary N) is 2. The van der Waals surface area contributed by atoms with Gasteiger partial charge in [0.1, 0.15) is 0 Å². The third-order valence-electron chi connectivity index (χ3n) is 2.23. The molecule has 0 saturated carbocycles. The Morgan fingerprint density at radius 3 is 2.62 bits per heavy atom. The number of rotatable bonds is 4. The van der Waals surface area contributed by atoms with E-state index in [1.807, 2.05) is 20.9 Å². The molecule has 0 aliphatic carbocycles. The van der Waals surface area contributed by atoms with Crippen molar-refractivity contribution in [3.05, 3.63) is 0 Å². The topological polar surface area (TPSA) is 44.4 Å². The molecule has 1 amide bonds. The third kappa shape index (κ3) is 3.32. The van der Waals surface area contributed by atoms with Crippen molar-refractivity contribution in [3.63, 3.8) is 0 Å². The second-order valence-corrected chi connectivity index (χ2v) is 3.95. The minimum atomic E-state index is 0.115. The van der Waals surface area contributed by atoms with Gasteiger partial charge in [0, 0.05) is 25.2 Å². The molecule has 0 atom stereocenters. The fourth-order valence-corrected chi connectivity index (χ4v) is 1.31. The van der Waals surface area contributed by atoms with Crippen molar-refractivity contribution in [1.82, 2.24) is 15.5 Å². The Balaban J connectivity index is 2.18. The van der Waals surface area contributed by atoms with Gasteiger partial charge in [-0.2, -0.15) is 0 Å². The fraction of sp³-hybridized carbons (Fsp3) is 0.889. The molecule has 1 rings (SSSR count). The van der Waals surface area contributed by atoms with Gasteiger partial charge in [-0.25, -0.2) is 0 Å². The highest BCUT2D eigenvalue weighted by Crippen LogP contribution is 2.00. The molecule has 0 aromatic rings. The molecular weight excluding hydrogens is 166 g/mol. The first-order valence-electron chi connectivity index (χ1n) is 4.80. The standard InChI is InChI=1S/C9H19N3O/c1-7(2)11-9(13)6-12(3)8-4-10-5-8/h7-8,10H,4-6H2,1-3H3,(H,11,13). The van der Waals surface area contributed by atoms with Crippen LogP contribution in [0.1, 0.15) is 13.8 Å². The van der Waals surface area contributed by atoms with Crippen LogP contribution in [0.15, 0.2) is 0 Å². The molecule has 0 unspecified atom stereocenters. The van der Waals surface area contributed by atoms with E-state index in [0.29, 0.717) is 12.6 Å². The highest BCUT2D eigenvalue weighted by atomic mass is 16.2. The monoisotopic (exact) mass is 185 g/mol. The minimum absolute atomic E-state index is 0.115. The summed E-state index contributed by atoms with van der Waals surface area (Å²) in [5, 5.41) is 6.06. The first kappa shape index (κ1) is 10.5. The van der Waals surface area contributed by atoms with Crippen LogP contribution in [-0.4, -0.2) is 49.6 Å². The maximum absolute atomic E-state index is 11.3. The molecule has 0 bridgehead atoms. The van der Waals surface area contributed by atoms with Crippen LogP contribution in [0.25, 0.3) is 0 Å². The molecule has 1 heterocycles. The van der Waals surface area contributed by atoms with Gasteiger partial charge < -0.3 is 10.6 Å². The van der Waals surface area contributed by atoms with Crippen LogP contribution in [0.3, 0.4) is 0 Å². The van der Waals surface area contributed by atoms with E-state index in [1.165, 1.54) is 0 Å². The number of carbonyl (C=O) groups excluding carboxylic acids is 1. The molecule has 13 heavy (non-hydrogen) atoms. The molecule has 0 aromatic heterocycles. The zero-order valence-electron chi connectivity index (χ0n) is 8.63. The maximum Gasteiger partial charge on any atom is 0.234 e. The van der Waals surface area contributed by atoms with Crippen LogP contribution in [0.5, 0.6) is 0 Å². The molecule has 0 spiro atoms. The quantitative estimate of drug-likeness (QED) is 0.615. The average molecular weight is 185 g/mol.